The van der Waals surface area contributed by atoms with Crippen molar-refractivity contribution < 1.29 is 13.5 Å². The Bertz CT molecular complexity index is 545. The monoisotopic (exact) mass is 317 g/mol. The van der Waals surface area contributed by atoms with Crippen molar-refractivity contribution in [2.45, 2.75) is 19.9 Å². The molecule has 1 aromatic heterocycles. The number of ether oxygens (including phenoxy) is 1. The maximum atomic E-state index is 12.4. The number of benzene rings is 1. The Morgan fingerprint density at radius 3 is 2.89 bits per heavy atom. The first-order valence-electron chi connectivity index (χ1n) is 5.17. The third-order valence-corrected chi connectivity index (χ3v) is 2.46. The van der Waals surface area contributed by atoms with Gasteiger partial charge in [-0.2, -0.15) is 4.98 Å². The molecule has 0 atom stereocenters. The molecule has 0 aliphatic heterocycles. The Labute approximate surface area is 111 Å². The molecule has 0 bridgehead atoms. The van der Waals surface area contributed by atoms with Crippen molar-refractivity contribution in [1.82, 2.24) is 14.8 Å². The van der Waals surface area contributed by atoms with Crippen molar-refractivity contribution in [3.8, 4) is 11.8 Å². The summed E-state index contributed by atoms with van der Waals surface area (Å²) in [6.07, 6.45) is -2.52. The minimum Gasteiger partial charge on any atom is -0.424 e. The van der Waals surface area contributed by atoms with Crippen LogP contribution in [0.3, 0.4) is 0 Å². The van der Waals surface area contributed by atoms with Crippen molar-refractivity contribution in [3.05, 3.63) is 34.6 Å². The summed E-state index contributed by atoms with van der Waals surface area (Å²) in [5, 5.41) is 3.79. The summed E-state index contributed by atoms with van der Waals surface area (Å²) < 4.78 is 31.4. The van der Waals surface area contributed by atoms with Gasteiger partial charge in [0.15, 0.2) is 0 Å². The highest BCUT2D eigenvalue weighted by Gasteiger charge is 2.14. The SMILES string of the molecule is Cc1cccc(Oc2nc(Br)nn2CC(F)F)c1. The summed E-state index contributed by atoms with van der Waals surface area (Å²) >= 11 is 3.03. The largest absolute Gasteiger partial charge is 0.424 e. The van der Waals surface area contributed by atoms with Gasteiger partial charge in [-0.1, -0.05) is 12.1 Å². The maximum absolute atomic E-state index is 12.4. The van der Waals surface area contributed by atoms with E-state index in [4.69, 9.17) is 4.74 Å². The van der Waals surface area contributed by atoms with Gasteiger partial charge in [0.05, 0.1) is 0 Å². The maximum Gasteiger partial charge on any atom is 0.321 e. The molecule has 0 spiro atoms. The zero-order valence-corrected chi connectivity index (χ0v) is 11.1. The third-order valence-electron chi connectivity index (χ3n) is 2.12. The van der Waals surface area contributed by atoms with Crippen LogP contribution in [0, 0.1) is 6.92 Å². The number of aromatic nitrogens is 3. The van der Waals surface area contributed by atoms with Crippen LogP contribution < -0.4 is 4.74 Å². The Kier molecular flexibility index (Phi) is 3.90. The van der Waals surface area contributed by atoms with Crippen molar-refractivity contribution in [1.29, 1.82) is 0 Å². The smallest absolute Gasteiger partial charge is 0.321 e. The highest BCUT2D eigenvalue weighted by molar-refractivity contribution is 9.10. The van der Waals surface area contributed by atoms with Gasteiger partial charge in [0, 0.05) is 0 Å². The molecule has 2 aromatic rings. The first-order valence-corrected chi connectivity index (χ1v) is 5.97. The molecular weight excluding hydrogens is 308 g/mol. The fraction of sp³-hybridized carbons (Fsp3) is 0.273. The summed E-state index contributed by atoms with van der Waals surface area (Å²) in [6.45, 7) is 1.35. The van der Waals surface area contributed by atoms with Crippen LogP contribution >= 0.6 is 15.9 Å². The van der Waals surface area contributed by atoms with Crippen LogP contribution in [0.5, 0.6) is 11.8 Å². The molecule has 0 fully saturated rings. The molecule has 7 heteroatoms. The molecule has 0 aliphatic rings. The summed E-state index contributed by atoms with van der Waals surface area (Å²) in [5.41, 5.74) is 1.01. The fourth-order valence-electron chi connectivity index (χ4n) is 1.41. The first-order chi connectivity index (χ1) is 8.54. The van der Waals surface area contributed by atoms with Gasteiger partial charge in [-0.05, 0) is 40.5 Å². The predicted molar refractivity (Wildman–Crippen MR) is 65.0 cm³/mol. The second kappa shape index (κ2) is 5.43. The molecule has 1 heterocycles. The molecule has 18 heavy (non-hydrogen) atoms. The molecule has 0 saturated carbocycles. The predicted octanol–water partition coefficient (Wildman–Crippen LogP) is 3.41. The normalized spacial score (nSPS) is 10.9. The average molecular weight is 318 g/mol. The molecule has 0 radical (unpaired) electrons. The van der Waals surface area contributed by atoms with E-state index in [1.807, 2.05) is 19.1 Å². The van der Waals surface area contributed by atoms with Gasteiger partial charge in [0.2, 0.25) is 4.73 Å². The van der Waals surface area contributed by atoms with Gasteiger partial charge in [0.25, 0.3) is 6.43 Å². The van der Waals surface area contributed by atoms with E-state index in [0.29, 0.717) is 5.75 Å². The van der Waals surface area contributed by atoms with E-state index in [2.05, 4.69) is 26.0 Å². The molecule has 1 aromatic carbocycles. The highest BCUT2D eigenvalue weighted by atomic mass is 79.9. The van der Waals surface area contributed by atoms with Gasteiger partial charge in [-0.15, -0.1) is 5.10 Å². The molecule has 4 nitrogen and oxygen atoms in total. The summed E-state index contributed by atoms with van der Waals surface area (Å²) in [4.78, 5) is 3.90. The van der Waals surface area contributed by atoms with Gasteiger partial charge >= 0.3 is 6.01 Å². The van der Waals surface area contributed by atoms with E-state index in [1.54, 1.807) is 12.1 Å². The average Bonchev–Trinajstić information content (AvgIpc) is 2.58. The van der Waals surface area contributed by atoms with Crippen LogP contribution in [0.15, 0.2) is 29.0 Å². The molecule has 2 rings (SSSR count). The third kappa shape index (κ3) is 3.25. The quantitative estimate of drug-likeness (QED) is 0.867. The van der Waals surface area contributed by atoms with Gasteiger partial charge in [-0.25, -0.2) is 13.5 Å². The van der Waals surface area contributed by atoms with Gasteiger partial charge < -0.3 is 4.74 Å². The van der Waals surface area contributed by atoms with Crippen LogP contribution in [0.25, 0.3) is 0 Å². The fourth-order valence-corrected chi connectivity index (χ4v) is 1.75. The van der Waals surface area contributed by atoms with Gasteiger partial charge in [0.1, 0.15) is 12.3 Å². The lowest BCUT2D eigenvalue weighted by Gasteiger charge is -2.06. The summed E-state index contributed by atoms with van der Waals surface area (Å²) in [7, 11) is 0. The number of rotatable bonds is 4. The minimum absolute atomic E-state index is 0.0350. The topological polar surface area (TPSA) is 39.9 Å². The molecule has 0 unspecified atom stereocenters. The zero-order chi connectivity index (χ0) is 13.1. The lowest BCUT2D eigenvalue weighted by atomic mass is 10.2. The van der Waals surface area contributed by atoms with Crippen molar-refractivity contribution >= 4 is 15.9 Å². The summed E-state index contributed by atoms with van der Waals surface area (Å²) in [5.74, 6) is 0.533. The Balaban J connectivity index is 2.23. The molecule has 0 N–H and O–H groups in total. The molecule has 0 amide bonds. The molecule has 96 valence electrons. The Morgan fingerprint density at radius 2 is 2.22 bits per heavy atom. The molecule has 0 saturated heterocycles. The number of alkyl halides is 2. The van der Waals surface area contributed by atoms with E-state index in [-0.39, 0.29) is 10.7 Å². The van der Waals surface area contributed by atoms with E-state index in [0.717, 1.165) is 10.2 Å². The van der Waals surface area contributed by atoms with E-state index in [1.165, 1.54) is 0 Å². The van der Waals surface area contributed by atoms with Crippen molar-refractivity contribution in [2.24, 2.45) is 0 Å². The number of nitrogens with zero attached hydrogens (tertiary/aromatic N) is 3. The van der Waals surface area contributed by atoms with E-state index >= 15 is 0 Å². The lowest BCUT2D eigenvalue weighted by molar-refractivity contribution is 0.118. The van der Waals surface area contributed by atoms with Crippen LogP contribution in [0.2, 0.25) is 0 Å². The van der Waals surface area contributed by atoms with Crippen LogP contribution in [-0.4, -0.2) is 21.2 Å². The summed E-state index contributed by atoms with van der Waals surface area (Å²) in [6, 6.07) is 7.27. The van der Waals surface area contributed by atoms with Crippen LogP contribution in [-0.2, 0) is 6.54 Å². The van der Waals surface area contributed by atoms with Crippen LogP contribution in [0.1, 0.15) is 5.56 Å². The standard InChI is InChI=1S/C11H10BrF2N3O/c1-7-3-2-4-8(5-7)18-11-15-10(12)16-17(11)6-9(13)14/h2-5,9H,6H2,1H3. The second-order valence-electron chi connectivity index (χ2n) is 3.66. The Morgan fingerprint density at radius 1 is 1.44 bits per heavy atom. The second-order valence-corrected chi connectivity index (χ2v) is 4.36. The minimum atomic E-state index is -2.52. The highest BCUT2D eigenvalue weighted by Crippen LogP contribution is 2.22. The number of hydrogen-bond acceptors (Lipinski definition) is 3. The number of halogens is 3. The lowest BCUT2D eigenvalue weighted by Crippen LogP contribution is -2.09. The van der Waals surface area contributed by atoms with Crippen molar-refractivity contribution in [2.75, 3.05) is 0 Å². The van der Waals surface area contributed by atoms with E-state index < -0.39 is 13.0 Å². The number of hydrogen-bond donors (Lipinski definition) is 0. The van der Waals surface area contributed by atoms with Crippen LogP contribution in [0.4, 0.5) is 8.78 Å². The van der Waals surface area contributed by atoms with Crippen molar-refractivity contribution in [3.63, 3.8) is 0 Å². The first kappa shape index (κ1) is 12.9. The van der Waals surface area contributed by atoms with E-state index in [9.17, 15) is 8.78 Å². The Hall–Kier alpha value is -1.50. The van der Waals surface area contributed by atoms with Gasteiger partial charge in [-0.3, -0.25) is 0 Å². The zero-order valence-electron chi connectivity index (χ0n) is 9.48. The molecule has 0 aliphatic carbocycles. The molecular formula is C11H10BrF2N3O. The number of aryl methyl sites for hydroxylation is 1.